The molecule has 0 heterocycles. The van der Waals surface area contributed by atoms with Crippen LogP contribution in [0.2, 0.25) is 0 Å². The number of carbonyl (C=O) groups is 1. The molecule has 1 aromatic rings. The zero-order valence-electron chi connectivity index (χ0n) is 10.1. The van der Waals surface area contributed by atoms with Crippen LogP contribution in [-0.2, 0) is 9.53 Å². The van der Waals surface area contributed by atoms with Crippen molar-refractivity contribution in [1.82, 2.24) is 0 Å². The highest BCUT2D eigenvalue weighted by Gasteiger charge is 2.03. The van der Waals surface area contributed by atoms with Gasteiger partial charge in [-0.2, -0.15) is 0 Å². The van der Waals surface area contributed by atoms with Gasteiger partial charge in [0.05, 0.1) is 19.6 Å². The summed E-state index contributed by atoms with van der Waals surface area (Å²) in [6, 6.07) is 5.97. The Morgan fingerprint density at radius 3 is 2.69 bits per heavy atom. The minimum Gasteiger partial charge on any atom is -0.493 e. The molecule has 0 atom stereocenters. The molecular weight excluding hydrogens is 204 g/mol. The number of hydrogen-bond acceptors (Lipinski definition) is 3. The van der Waals surface area contributed by atoms with Crippen LogP contribution in [0.4, 0.5) is 0 Å². The molecule has 0 radical (unpaired) electrons. The smallest absolute Gasteiger partial charge is 0.309 e. The third-order valence-corrected chi connectivity index (χ3v) is 2.20. The molecule has 0 amide bonds. The first kappa shape index (κ1) is 12.6. The highest BCUT2D eigenvalue weighted by molar-refractivity contribution is 5.69. The summed E-state index contributed by atoms with van der Waals surface area (Å²) in [5.74, 6) is 0.613. The van der Waals surface area contributed by atoms with Crippen molar-refractivity contribution >= 4 is 5.97 Å². The zero-order chi connectivity index (χ0) is 12.0. The van der Waals surface area contributed by atoms with E-state index < -0.39 is 0 Å². The van der Waals surface area contributed by atoms with Crippen molar-refractivity contribution in [2.24, 2.45) is 0 Å². The van der Waals surface area contributed by atoms with Gasteiger partial charge < -0.3 is 9.47 Å². The Kier molecular flexibility index (Phi) is 4.83. The third-order valence-electron chi connectivity index (χ3n) is 2.20. The van der Waals surface area contributed by atoms with Crippen molar-refractivity contribution in [2.45, 2.75) is 27.2 Å². The van der Waals surface area contributed by atoms with Crippen LogP contribution >= 0.6 is 0 Å². The number of esters is 1. The van der Waals surface area contributed by atoms with Crippen LogP contribution in [0.1, 0.15) is 24.5 Å². The van der Waals surface area contributed by atoms with Crippen molar-refractivity contribution in [3.05, 3.63) is 29.3 Å². The maximum Gasteiger partial charge on any atom is 0.309 e. The zero-order valence-corrected chi connectivity index (χ0v) is 10.1. The van der Waals surface area contributed by atoms with E-state index in [1.807, 2.05) is 26.0 Å². The van der Waals surface area contributed by atoms with Crippen LogP contribution in [0, 0.1) is 13.8 Å². The van der Waals surface area contributed by atoms with Gasteiger partial charge in [-0.25, -0.2) is 0 Å². The molecule has 0 aliphatic carbocycles. The van der Waals surface area contributed by atoms with Crippen LogP contribution in [0.15, 0.2) is 18.2 Å². The van der Waals surface area contributed by atoms with Gasteiger partial charge in [-0.3, -0.25) is 4.79 Å². The molecule has 0 aliphatic heterocycles. The maximum absolute atomic E-state index is 11.1. The molecule has 1 rings (SSSR count). The summed E-state index contributed by atoms with van der Waals surface area (Å²) in [4.78, 5) is 11.1. The van der Waals surface area contributed by atoms with E-state index >= 15 is 0 Å². The van der Waals surface area contributed by atoms with Gasteiger partial charge in [0.15, 0.2) is 0 Å². The molecule has 0 saturated heterocycles. The quantitative estimate of drug-likeness (QED) is 0.718. The molecule has 0 aromatic heterocycles. The lowest BCUT2D eigenvalue weighted by atomic mass is 10.1. The minimum absolute atomic E-state index is 0.215. The lowest BCUT2D eigenvalue weighted by molar-refractivity contribution is -0.143. The van der Waals surface area contributed by atoms with Crippen molar-refractivity contribution in [3.63, 3.8) is 0 Å². The van der Waals surface area contributed by atoms with E-state index in [1.54, 1.807) is 6.92 Å². The Morgan fingerprint density at radius 2 is 2.06 bits per heavy atom. The molecule has 3 nitrogen and oxygen atoms in total. The fourth-order valence-electron chi connectivity index (χ4n) is 1.44. The molecule has 88 valence electrons. The first-order valence-electron chi connectivity index (χ1n) is 5.49. The largest absolute Gasteiger partial charge is 0.493 e. The van der Waals surface area contributed by atoms with E-state index in [1.165, 1.54) is 5.56 Å². The van der Waals surface area contributed by atoms with Crippen molar-refractivity contribution in [1.29, 1.82) is 0 Å². The normalized spacial score (nSPS) is 9.94. The van der Waals surface area contributed by atoms with E-state index in [2.05, 4.69) is 6.07 Å². The summed E-state index contributed by atoms with van der Waals surface area (Å²) in [6.07, 6.45) is 0.293. The Morgan fingerprint density at radius 1 is 1.31 bits per heavy atom. The second kappa shape index (κ2) is 6.16. The lowest BCUT2D eigenvalue weighted by Gasteiger charge is -2.09. The molecule has 0 bridgehead atoms. The number of benzene rings is 1. The van der Waals surface area contributed by atoms with Gasteiger partial charge in [0, 0.05) is 0 Å². The predicted molar refractivity (Wildman–Crippen MR) is 62.7 cm³/mol. The first-order chi connectivity index (χ1) is 7.63. The number of rotatable bonds is 5. The first-order valence-corrected chi connectivity index (χ1v) is 5.49. The SMILES string of the molecule is CCOC(=O)CCOc1ccc(C)cc1C. The van der Waals surface area contributed by atoms with Gasteiger partial charge in [-0.1, -0.05) is 17.7 Å². The molecule has 0 unspecified atom stereocenters. The van der Waals surface area contributed by atoms with Gasteiger partial charge in [0.25, 0.3) is 0 Å². The second-order valence-electron chi connectivity index (χ2n) is 3.67. The maximum atomic E-state index is 11.1. The number of carbonyl (C=O) groups excluding carboxylic acids is 1. The average Bonchev–Trinajstić information content (AvgIpc) is 2.22. The molecule has 0 fully saturated rings. The molecule has 3 heteroatoms. The average molecular weight is 222 g/mol. The molecule has 1 aromatic carbocycles. The van der Waals surface area contributed by atoms with Crippen molar-refractivity contribution in [3.8, 4) is 5.75 Å². The molecule has 0 N–H and O–H groups in total. The Bertz CT molecular complexity index is 358. The van der Waals surface area contributed by atoms with E-state index in [0.29, 0.717) is 19.6 Å². The van der Waals surface area contributed by atoms with Gasteiger partial charge in [-0.15, -0.1) is 0 Å². The van der Waals surface area contributed by atoms with Crippen LogP contribution in [-0.4, -0.2) is 19.2 Å². The summed E-state index contributed by atoms with van der Waals surface area (Å²) >= 11 is 0. The van der Waals surface area contributed by atoms with Gasteiger partial charge in [-0.05, 0) is 32.4 Å². The fourth-order valence-corrected chi connectivity index (χ4v) is 1.44. The van der Waals surface area contributed by atoms with Crippen molar-refractivity contribution < 1.29 is 14.3 Å². The van der Waals surface area contributed by atoms with Crippen LogP contribution in [0.25, 0.3) is 0 Å². The second-order valence-corrected chi connectivity index (χ2v) is 3.67. The topological polar surface area (TPSA) is 35.5 Å². The van der Waals surface area contributed by atoms with Gasteiger partial charge >= 0.3 is 5.97 Å². The summed E-state index contributed by atoms with van der Waals surface area (Å²) < 4.78 is 10.3. The molecule has 16 heavy (non-hydrogen) atoms. The third kappa shape index (κ3) is 3.93. The van der Waals surface area contributed by atoms with Crippen LogP contribution in [0.3, 0.4) is 0 Å². The van der Waals surface area contributed by atoms with E-state index in [4.69, 9.17) is 9.47 Å². The number of ether oxygens (including phenoxy) is 2. The molecule has 0 aliphatic rings. The van der Waals surface area contributed by atoms with Crippen LogP contribution in [0.5, 0.6) is 5.75 Å². The lowest BCUT2D eigenvalue weighted by Crippen LogP contribution is -2.09. The standard InChI is InChI=1S/C13H18O3/c1-4-15-13(14)7-8-16-12-6-5-10(2)9-11(12)3/h5-6,9H,4,7-8H2,1-3H3. The summed E-state index contributed by atoms with van der Waals surface area (Å²) in [5, 5.41) is 0. The molecule has 0 saturated carbocycles. The summed E-state index contributed by atoms with van der Waals surface area (Å²) in [7, 11) is 0. The highest BCUT2D eigenvalue weighted by Crippen LogP contribution is 2.18. The molecule has 0 spiro atoms. The van der Waals surface area contributed by atoms with Crippen molar-refractivity contribution in [2.75, 3.05) is 13.2 Å². The van der Waals surface area contributed by atoms with E-state index in [9.17, 15) is 4.79 Å². The van der Waals surface area contributed by atoms with Crippen LogP contribution < -0.4 is 4.74 Å². The van der Waals surface area contributed by atoms with E-state index in [-0.39, 0.29) is 5.97 Å². The number of hydrogen-bond donors (Lipinski definition) is 0. The minimum atomic E-state index is -0.215. The fraction of sp³-hybridized carbons (Fsp3) is 0.462. The van der Waals surface area contributed by atoms with Gasteiger partial charge in [0.2, 0.25) is 0 Å². The Hall–Kier alpha value is -1.51. The summed E-state index contributed by atoms with van der Waals surface area (Å²) in [6.45, 7) is 6.61. The van der Waals surface area contributed by atoms with Gasteiger partial charge in [0.1, 0.15) is 5.75 Å². The predicted octanol–water partition coefficient (Wildman–Crippen LogP) is 2.64. The molecular formula is C13H18O3. The Labute approximate surface area is 96.4 Å². The highest BCUT2D eigenvalue weighted by atomic mass is 16.5. The summed E-state index contributed by atoms with van der Waals surface area (Å²) in [5.41, 5.74) is 2.29. The van der Waals surface area contributed by atoms with E-state index in [0.717, 1.165) is 11.3 Å². The Balaban J connectivity index is 2.40. The number of aryl methyl sites for hydroxylation is 2. The monoisotopic (exact) mass is 222 g/mol.